The molecule has 0 radical (unpaired) electrons. The molecule has 27 heavy (non-hydrogen) atoms. The number of nitrogens with one attached hydrogen (secondary N) is 1. The number of rotatable bonds is 7. The third-order valence-corrected chi connectivity index (χ3v) is 5.20. The minimum absolute atomic E-state index is 0.134. The number of hydrogen-bond acceptors (Lipinski definition) is 5. The number of carbonyl (C=O) groups is 1. The summed E-state index contributed by atoms with van der Waals surface area (Å²) in [6.45, 7) is 7.47. The number of nitrogens with zero attached hydrogens (tertiary/aromatic N) is 5. The molecule has 0 bridgehead atoms. The van der Waals surface area contributed by atoms with Crippen molar-refractivity contribution in [3.05, 3.63) is 64.1 Å². The zero-order valence-corrected chi connectivity index (χ0v) is 16.6. The van der Waals surface area contributed by atoms with Crippen molar-refractivity contribution in [1.29, 1.82) is 0 Å². The van der Waals surface area contributed by atoms with Gasteiger partial charge in [0.05, 0.1) is 24.3 Å². The van der Waals surface area contributed by atoms with Crippen LogP contribution in [0, 0.1) is 6.92 Å². The second-order valence-corrected chi connectivity index (χ2v) is 7.55. The SMILES string of the molecule is Cc1ncsc1CN(Cc1ccccc1)C(=O)NCc1nncn1C(C)C. The number of thiazole rings is 1. The summed E-state index contributed by atoms with van der Waals surface area (Å²) in [5, 5.41) is 11.0. The van der Waals surface area contributed by atoms with Gasteiger partial charge in [-0.05, 0) is 26.3 Å². The van der Waals surface area contributed by atoms with Crippen molar-refractivity contribution in [3.63, 3.8) is 0 Å². The van der Waals surface area contributed by atoms with Crippen LogP contribution < -0.4 is 5.32 Å². The lowest BCUT2D eigenvalue weighted by molar-refractivity contribution is 0.191. The minimum Gasteiger partial charge on any atom is -0.331 e. The summed E-state index contributed by atoms with van der Waals surface area (Å²) in [4.78, 5) is 20.1. The molecule has 0 spiro atoms. The fourth-order valence-corrected chi connectivity index (χ4v) is 3.54. The Morgan fingerprint density at radius 3 is 2.70 bits per heavy atom. The number of aromatic nitrogens is 4. The van der Waals surface area contributed by atoms with Crippen molar-refractivity contribution in [1.82, 2.24) is 30.0 Å². The highest BCUT2D eigenvalue weighted by molar-refractivity contribution is 7.09. The van der Waals surface area contributed by atoms with Crippen LogP contribution in [0.5, 0.6) is 0 Å². The van der Waals surface area contributed by atoms with Crippen LogP contribution in [0.4, 0.5) is 4.79 Å². The smallest absolute Gasteiger partial charge is 0.318 e. The van der Waals surface area contributed by atoms with E-state index in [9.17, 15) is 4.79 Å². The Kier molecular flexibility index (Phi) is 6.18. The molecule has 7 nitrogen and oxygen atoms in total. The molecule has 0 unspecified atom stereocenters. The Bertz CT molecular complexity index is 873. The first-order chi connectivity index (χ1) is 13.0. The van der Waals surface area contributed by atoms with Gasteiger partial charge in [-0.3, -0.25) is 0 Å². The number of benzene rings is 1. The van der Waals surface area contributed by atoms with E-state index in [0.717, 1.165) is 22.0 Å². The zero-order chi connectivity index (χ0) is 19.2. The molecule has 142 valence electrons. The summed E-state index contributed by atoms with van der Waals surface area (Å²) < 4.78 is 1.95. The molecule has 8 heteroatoms. The van der Waals surface area contributed by atoms with Crippen molar-refractivity contribution in [2.45, 2.75) is 46.4 Å². The molecular formula is C19H24N6OS. The predicted molar refractivity (Wildman–Crippen MR) is 105 cm³/mol. The molecule has 0 aliphatic carbocycles. The standard InChI is InChI=1S/C19H24N6OS/c1-14(2)25-12-22-23-18(25)9-20-19(26)24(10-16-7-5-4-6-8-16)11-17-15(3)21-13-27-17/h4-8,12-14H,9-11H2,1-3H3,(H,20,26). The largest absolute Gasteiger partial charge is 0.331 e. The molecule has 0 saturated carbocycles. The van der Waals surface area contributed by atoms with Gasteiger partial charge in [-0.15, -0.1) is 21.5 Å². The van der Waals surface area contributed by atoms with E-state index in [1.54, 1.807) is 22.6 Å². The highest BCUT2D eigenvalue weighted by Gasteiger charge is 2.18. The van der Waals surface area contributed by atoms with Crippen molar-refractivity contribution in [2.75, 3.05) is 0 Å². The molecule has 0 fully saturated rings. The van der Waals surface area contributed by atoms with Crippen LogP contribution in [-0.2, 0) is 19.6 Å². The molecular weight excluding hydrogens is 360 g/mol. The highest BCUT2D eigenvalue weighted by Crippen LogP contribution is 2.17. The Hall–Kier alpha value is -2.74. The molecule has 0 aliphatic rings. The van der Waals surface area contributed by atoms with Gasteiger partial charge < -0.3 is 14.8 Å². The molecule has 1 aromatic carbocycles. The highest BCUT2D eigenvalue weighted by atomic mass is 32.1. The number of carbonyl (C=O) groups excluding carboxylic acids is 1. The van der Waals surface area contributed by atoms with Gasteiger partial charge in [0.15, 0.2) is 5.82 Å². The second-order valence-electron chi connectivity index (χ2n) is 6.61. The number of amides is 2. The summed E-state index contributed by atoms with van der Waals surface area (Å²) in [5.41, 5.74) is 3.86. The molecule has 3 aromatic rings. The molecule has 2 amide bonds. The van der Waals surface area contributed by atoms with Gasteiger partial charge >= 0.3 is 6.03 Å². The van der Waals surface area contributed by atoms with E-state index >= 15 is 0 Å². The Morgan fingerprint density at radius 1 is 1.26 bits per heavy atom. The van der Waals surface area contributed by atoms with Gasteiger partial charge in [-0.2, -0.15) is 0 Å². The number of hydrogen-bond donors (Lipinski definition) is 1. The predicted octanol–water partition coefficient (Wildman–Crippen LogP) is 3.54. The molecule has 0 aliphatic heterocycles. The maximum Gasteiger partial charge on any atom is 0.318 e. The first kappa shape index (κ1) is 19.0. The lowest BCUT2D eigenvalue weighted by atomic mass is 10.2. The van der Waals surface area contributed by atoms with Gasteiger partial charge in [0.2, 0.25) is 0 Å². The number of aryl methyl sites for hydroxylation is 1. The van der Waals surface area contributed by atoms with Gasteiger partial charge in [-0.1, -0.05) is 30.3 Å². The summed E-state index contributed by atoms with van der Waals surface area (Å²) >= 11 is 1.57. The average molecular weight is 385 g/mol. The molecule has 3 rings (SSSR count). The van der Waals surface area contributed by atoms with Crippen LogP contribution in [0.1, 0.15) is 41.8 Å². The molecule has 1 N–H and O–H groups in total. The Labute approximate surface area is 163 Å². The van der Waals surface area contributed by atoms with Crippen LogP contribution in [-0.4, -0.2) is 30.7 Å². The first-order valence-electron chi connectivity index (χ1n) is 8.88. The van der Waals surface area contributed by atoms with Gasteiger partial charge in [0.1, 0.15) is 6.33 Å². The summed E-state index contributed by atoms with van der Waals surface area (Å²) in [5.74, 6) is 0.743. The van der Waals surface area contributed by atoms with E-state index in [2.05, 4.69) is 34.3 Å². The Balaban J connectivity index is 1.71. The van der Waals surface area contributed by atoms with Crippen molar-refractivity contribution >= 4 is 17.4 Å². The quantitative estimate of drug-likeness (QED) is 0.676. The topological polar surface area (TPSA) is 75.9 Å². The van der Waals surface area contributed by atoms with Crippen LogP contribution in [0.15, 0.2) is 42.2 Å². The summed E-state index contributed by atoms with van der Waals surface area (Å²) in [6, 6.07) is 10.1. The monoisotopic (exact) mass is 384 g/mol. The van der Waals surface area contributed by atoms with E-state index in [-0.39, 0.29) is 12.1 Å². The maximum absolute atomic E-state index is 12.9. The van der Waals surface area contributed by atoms with Crippen LogP contribution >= 0.6 is 11.3 Å². The van der Waals surface area contributed by atoms with E-state index < -0.39 is 0 Å². The zero-order valence-electron chi connectivity index (χ0n) is 15.8. The first-order valence-corrected chi connectivity index (χ1v) is 9.76. The Morgan fingerprint density at radius 2 is 2.04 bits per heavy atom. The fourth-order valence-electron chi connectivity index (χ4n) is 2.75. The molecule has 2 heterocycles. The lowest BCUT2D eigenvalue weighted by Crippen LogP contribution is -2.39. The second kappa shape index (κ2) is 8.77. The van der Waals surface area contributed by atoms with E-state index in [0.29, 0.717) is 19.6 Å². The third kappa shape index (κ3) is 4.91. The number of urea groups is 1. The van der Waals surface area contributed by atoms with Crippen LogP contribution in [0.25, 0.3) is 0 Å². The maximum atomic E-state index is 12.9. The van der Waals surface area contributed by atoms with E-state index in [1.807, 2.05) is 47.3 Å². The van der Waals surface area contributed by atoms with Gasteiger partial charge in [0.25, 0.3) is 0 Å². The van der Waals surface area contributed by atoms with Gasteiger partial charge in [0, 0.05) is 17.5 Å². The third-order valence-electron chi connectivity index (χ3n) is 4.28. The van der Waals surface area contributed by atoms with Crippen LogP contribution in [0.3, 0.4) is 0 Å². The lowest BCUT2D eigenvalue weighted by Gasteiger charge is -2.23. The molecule has 0 atom stereocenters. The average Bonchev–Trinajstić information content (AvgIpc) is 3.29. The minimum atomic E-state index is -0.134. The van der Waals surface area contributed by atoms with Crippen LogP contribution in [0.2, 0.25) is 0 Å². The molecule has 0 saturated heterocycles. The van der Waals surface area contributed by atoms with E-state index in [1.165, 1.54) is 0 Å². The molecule has 2 aromatic heterocycles. The summed E-state index contributed by atoms with van der Waals surface area (Å²) in [7, 11) is 0. The van der Waals surface area contributed by atoms with Gasteiger partial charge in [-0.25, -0.2) is 9.78 Å². The normalized spacial score (nSPS) is 11.0. The van der Waals surface area contributed by atoms with Crippen molar-refractivity contribution < 1.29 is 4.79 Å². The van der Waals surface area contributed by atoms with E-state index in [4.69, 9.17) is 0 Å². The fraction of sp³-hybridized carbons (Fsp3) is 0.368. The van der Waals surface area contributed by atoms with Crippen molar-refractivity contribution in [3.8, 4) is 0 Å². The van der Waals surface area contributed by atoms with Crippen molar-refractivity contribution in [2.24, 2.45) is 0 Å². The summed E-state index contributed by atoms with van der Waals surface area (Å²) in [6.07, 6.45) is 1.69.